The van der Waals surface area contributed by atoms with Crippen molar-refractivity contribution >= 4 is 29.6 Å². The number of aromatic nitrogens is 3. The number of alkyl halides is 8. The maximum atomic E-state index is 15.5. The van der Waals surface area contributed by atoms with Crippen molar-refractivity contribution in [3.63, 3.8) is 0 Å². The van der Waals surface area contributed by atoms with E-state index in [0.29, 0.717) is 12.1 Å². The van der Waals surface area contributed by atoms with E-state index in [1.165, 1.54) is 26.3 Å². The number of carboxylic acids is 1. The quantitative estimate of drug-likeness (QED) is 0.177. The Labute approximate surface area is 297 Å². The van der Waals surface area contributed by atoms with Crippen LogP contribution in [-0.4, -0.2) is 69.2 Å². The van der Waals surface area contributed by atoms with Crippen LogP contribution in [0.3, 0.4) is 0 Å². The van der Waals surface area contributed by atoms with E-state index in [4.69, 9.17) is 21.1 Å². The molecule has 2 unspecified atom stereocenters. The summed E-state index contributed by atoms with van der Waals surface area (Å²) in [6.45, 7) is -0.758. The largest absolute Gasteiger partial charge is 0.496 e. The third-order valence-electron chi connectivity index (χ3n) is 8.56. The SMILES string of the molecule is COc1cc(F)c(-c2ncc(C(=O)O)cc2Cl)cc1-c1cnc(N2CC(F)(F)C2)nc1CN1C(=O)OC(c2cc(C(F)(F)F)cc(C(F)(F)F)c2)C1C. The van der Waals surface area contributed by atoms with Crippen molar-refractivity contribution in [1.82, 2.24) is 19.9 Å². The molecule has 1 amide bonds. The van der Waals surface area contributed by atoms with E-state index >= 15 is 4.39 Å². The number of methoxy groups -OCH3 is 1. The van der Waals surface area contributed by atoms with Crippen molar-refractivity contribution in [2.45, 2.75) is 43.9 Å². The Bertz CT molecular complexity index is 2090. The number of hydrogen-bond acceptors (Lipinski definition) is 8. The Morgan fingerprint density at radius 3 is 2.17 bits per heavy atom. The van der Waals surface area contributed by atoms with E-state index in [9.17, 15) is 49.8 Å². The normalized spacial score (nSPS) is 18.5. The van der Waals surface area contributed by atoms with Gasteiger partial charge in [-0.15, -0.1) is 0 Å². The first-order valence-corrected chi connectivity index (χ1v) is 15.6. The highest BCUT2D eigenvalue weighted by Gasteiger charge is 2.46. The van der Waals surface area contributed by atoms with Gasteiger partial charge in [0.2, 0.25) is 5.95 Å². The highest BCUT2D eigenvalue weighted by atomic mass is 35.5. The van der Waals surface area contributed by atoms with E-state index in [1.807, 2.05) is 0 Å². The van der Waals surface area contributed by atoms with Gasteiger partial charge in [0, 0.05) is 35.2 Å². The average Bonchev–Trinajstić information content (AvgIpc) is 3.34. The summed E-state index contributed by atoms with van der Waals surface area (Å²) in [6.07, 6.45) is -11.0. The maximum absolute atomic E-state index is 15.5. The van der Waals surface area contributed by atoms with Crippen molar-refractivity contribution in [3.8, 4) is 28.1 Å². The van der Waals surface area contributed by atoms with Crippen LogP contribution in [0.2, 0.25) is 5.02 Å². The van der Waals surface area contributed by atoms with Crippen molar-refractivity contribution < 1.29 is 63.7 Å². The van der Waals surface area contributed by atoms with Crippen LogP contribution in [0.1, 0.15) is 45.8 Å². The Morgan fingerprint density at radius 1 is 0.981 bits per heavy atom. The minimum absolute atomic E-state index is 0.0271. The molecule has 0 saturated carbocycles. The number of aromatic carboxylic acids is 1. The van der Waals surface area contributed by atoms with Crippen LogP contribution < -0.4 is 9.64 Å². The molecule has 0 radical (unpaired) electrons. The van der Waals surface area contributed by atoms with Gasteiger partial charge in [0.15, 0.2) is 0 Å². The average molecular weight is 776 g/mol. The number of hydrogen-bond donors (Lipinski definition) is 1. The topological polar surface area (TPSA) is 118 Å². The second-order valence-electron chi connectivity index (χ2n) is 12.1. The summed E-state index contributed by atoms with van der Waals surface area (Å²) < 4.78 is 136. The van der Waals surface area contributed by atoms with Gasteiger partial charge in [-0.05, 0) is 42.8 Å². The van der Waals surface area contributed by atoms with E-state index < -0.39 is 84.6 Å². The molecule has 20 heteroatoms. The van der Waals surface area contributed by atoms with Crippen LogP contribution >= 0.6 is 11.6 Å². The number of halogens is 10. The summed E-state index contributed by atoms with van der Waals surface area (Å²) >= 11 is 6.27. The molecule has 1 N–H and O–H groups in total. The minimum Gasteiger partial charge on any atom is -0.496 e. The first-order valence-electron chi connectivity index (χ1n) is 15.2. The van der Waals surface area contributed by atoms with Gasteiger partial charge >= 0.3 is 24.4 Å². The fourth-order valence-corrected chi connectivity index (χ4v) is 6.16. The lowest BCUT2D eigenvalue weighted by Crippen LogP contribution is -2.57. The van der Waals surface area contributed by atoms with E-state index in [2.05, 4.69) is 15.0 Å². The molecule has 280 valence electrons. The lowest BCUT2D eigenvalue weighted by Gasteiger charge is -2.38. The molecular formula is C33H23ClF9N5O5. The summed E-state index contributed by atoms with van der Waals surface area (Å²) in [4.78, 5) is 39.2. The molecule has 10 nitrogen and oxygen atoms in total. The standard InChI is InChI=1S/C33H23ClF9N5O5/c1-14-27(15-3-17(32(38,39)40)6-18(4-15)33(41,42)43)53-30(51)48(14)11-24-21(10-45-29(46-24)47-12-31(36,37)13-47)19-7-20(23(35)8-25(19)52-2)26-22(34)5-16(9-44-26)28(49)50/h3-10,14,27H,11-13H2,1-2H3,(H,49,50). The summed E-state index contributed by atoms with van der Waals surface area (Å²) in [6, 6.07) is 2.80. The van der Waals surface area contributed by atoms with Gasteiger partial charge in [0.05, 0.1) is 65.9 Å². The van der Waals surface area contributed by atoms with E-state index in [0.717, 1.165) is 28.1 Å². The molecule has 2 aromatic heterocycles. The molecule has 6 rings (SSSR count). The molecular weight excluding hydrogens is 753 g/mol. The maximum Gasteiger partial charge on any atom is 0.416 e. The van der Waals surface area contributed by atoms with Gasteiger partial charge in [-0.2, -0.15) is 26.3 Å². The summed E-state index contributed by atoms with van der Waals surface area (Å²) in [5.74, 6) is -5.66. The van der Waals surface area contributed by atoms with Crippen LogP contribution in [0.5, 0.6) is 5.75 Å². The number of rotatable bonds is 8. The van der Waals surface area contributed by atoms with Gasteiger partial charge in [-0.25, -0.2) is 32.7 Å². The highest BCUT2D eigenvalue weighted by molar-refractivity contribution is 6.33. The Hall–Kier alpha value is -5.33. The predicted octanol–water partition coefficient (Wildman–Crippen LogP) is 8.28. The number of carbonyl (C=O) groups is 2. The zero-order valence-corrected chi connectivity index (χ0v) is 27.7. The molecule has 0 spiro atoms. The summed E-state index contributed by atoms with van der Waals surface area (Å²) in [5.41, 5.74) is -4.58. The van der Waals surface area contributed by atoms with Crippen LogP contribution in [0, 0.1) is 5.82 Å². The Balaban J connectivity index is 1.44. The van der Waals surface area contributed by atoms with Crippen LogP contribution in [0.4, 0.5) is 50.3 Å². The fraction of sp³-hybridized carbons (Fsp3) is 0.303. The van der Waals surface area contributed by atoms with Gasteiger partial charge in [0.25, 0.3) is 5.92 Å². The molecule has 2 aliphatic heterocycles. The molecule has 53 heavy (non-hydrogen) atoms. The number of anilines is 1. The fourth-order valence-electron chi connectivity index (χ4n) is 5.89. The molecule has 2 aliphatic rings. The number of cyclic esters (lactones) is 1. The molecule has 0 aliphatic carbocycles. The van der Waals surface area contributed by atoms with Gasteiger partial charge in [0.1, 0.15) is 17.7 Å². The Morgan fingerprint density at radius 2 is 1.62 bits per heavy atom. The highest BCUT2D eigenvalue weighted by Crippen LogP contribution is 2.43. The first kappa shape index (κ1) is 37.4. The number of amides is 1. The van der Waals surface area contributed by atoms with Gasteiger partial charge in [-0.3, -0.25) is 9.88 Å². The van der Waals surface area contributed by atoms with Gasteiger partial charge < -0.3 is 19.5 Å². The number of carbonyl (C=O) groups excluding carboxylic acids is 1. The van der Waals surface area contributed by atoms with Crippen molar-refractivity contribution in [3.05, 3.63) is 87.6 Å². The molecule has 4 aromatic rings. The smallest absolute Gasteiger partial charge is 0.416 e. The molecule has 2 saturated heterocycles. The number of pyridine rings is 1. The predicted molar refractivity (Wildman–Crippen MR) is 167 cm³/mol. The number of carboxylic acid groups (broad SMARTS) is 1. The van der Waals surface area contributed by atoms with Crippen molar-refractivity contribution in [1.29, 1.82) is 0 Å². The number of benzene rings is 2. The zero-order valence-electron chi connectivity index (χ0n) is 27.0. The van der Waals surface area contributed by atoms with Crippen LogP contribution in [0.15, 0.2) is 48.8 Å². The van der Waals surface area contributed by atoms with Crippen molar-refractivity contribution in [2.24, 2.45) is 0 Å². The van der Waals surface area contributed by atoms with Crippen molar-refractivity contribution in [2.75, 3.05) is 25.1 Å². The summed E-state index contributed by atoms with van der Waals surface area (Å²) in [5, 5.41) is 9.04. The molecule has 2 aromatic carbocycles. The first-order chi connectivity index (χ1) is 24.7. The lowest BCUT2D eigenvalue weighted by molar-refractivity contribution is -0.143. The third kappa shape index (κ3) is 7.34. The third-order valence-corrected chi connectivity index (χ3v) is 8.84. The van der Waals surface area contributed by atoms with Crippen LogP contribution in [-0.2, 0) is 23.6 Å². The Kier molecular flexibility index (Phi) is 9.37. The van der Waals surface area contributed by atoms with Gasteiger partial charge in [-0.1, -0.05) is 11.6 Å². The number of ether oxygens (including phenoxy) is 2. The molecule has 2 atom stereocenters. The monoisotopic (exact) mass is 775 g/mol. The molecule has 4 heterocycles. The minimum atomic E-state index is -5.17. The number of nitrogens with zero attached hydrogens (tertiary/aromatic N) is 5. The summed E-state index contributed by atoms with van der Waals surface area (Å²) in [7, 11) is 1.19. The van der Waals surface area contributed by atoms with E-state index in [-0.39, 0.29) is 56.4 Å². The molecule has 0 bridgehead atoms. The second-order valence-corrected chi connectivity index (χ2v) is 12.6. The zero-order chi connectivity index (χ0) is 38.8. The van der Waals surface area contributed by atoms with Crippen LogP contribution in [0.25, 0.3) is 22.4 Å². The lowest BCUT2D eigenvalue weighted by atomic mass is 9.96. The van der Waals surface area contributed by atoms with E-state index in [1.54, 1.807) is 0 Å². The molecule has 2 fully saturated rings. The second kappa shape index (κ2) is 13.3.